The molecule has 0 amide bonds. The van der Waals surface area contributed by atoms with Crippen LogP contribution < -0.4 is 10.2 Å². The van der Waals surface area contributed by atoms with Crippen LogP contribution in [0.4, 0.5) is 5.82 Å². The van der Waals surface area contributed by atoms with Crippen LogP contribution in [0.2, 0.25) is 0 Å². The molecule has 0 spiro atoms. The minimum absolute atomic E-state index is 0.157. The number of aromatic nitrogens is 4. The van der Waals surface area contributed by atoms with Gasteiger partial charge in [-0.25, -0.2) is 4.68 Å². The van der Waals surface area contributed by atoms with Crippen molar-refractivity contribution in [1.82, 2.24) is 25.3 Å². The molecule has 3 aromatic rings. The summed E-state index contributed by atoms with van der Waals surface area (Å²) >= 11 is 0. The van der Waals surface area contributed by atoms with E-state index in [1.165, 1.54) is 0 Å². The predicted octanol–water partition coefficient (Wildman–Crippen LogP) is 2.22. The zero-order valence-electron chi connectivity index (χ0n) is 14.9. The largest absolute Gasteiger partial charge is 0.507 e. The standard InChI is InChI=1S/C19H22N6O/c1-13-11-24(12-14(2)21-13)19-7-6-17(22-23-19)16-5-4-15(10-18(16)26)25-9-3-8-20-25/h3-10,13-14,21,26H,11-12H2,1-2H3. The summed E-state index contributed by atoms with van der Waals surface area (Å²) in [4.78, 5) is 2.24. The lowest BCUT2D eigenvalue weighted by atomic mass is 10.1. The molecule has 134 valence electrons. The lowest BCUT2D eigenvalue weighted by Crippen LogP contribution is -2.54. The lowest BCUT2D eigenvalue weighted by molar-refractivity contribution is 0.404. The fraction of sp³-hybridized carbons (Fsp3) is 0.316. The Balaban J connectivity index is 1.57. The third-order valence-electron chi connectivity index (χ3n) is 4.56. The van der Waals surface area contributed by atoms with E-state index in [-0.39, 0.29) is 5.75 Å². The Morgan fingerprint density at radius 1 is 1.08 bits per heavy atom. The van der Waals surface area contributed by atoms with Crippen molar-refractivity contribution in [2.24, 2.45) is 0 Å². The van der Waals surface area contributed by atoms with E-state index >= 15 is 0 Å². The van der Waals surface area contributed by atoms with E-state index in [2.05, 4.69) is 39.4 Å². The molecule has 2 atom stereocenters. The maximum atomic E-state index is 10.4. The molecule has 7 heteroatoms. The molecule has 1 saturated heterocycles. The first-order valence-electron chi connectivity index (χ1n) is 8.78. The van der Waals surface area contributed by atoms with Crippen molar-refractivity contribution in [2.75, 3.05) is 18.0 Å². The molecule has 2 N–H and O–H groups in total. The Bertz CT molecular complexity index is 868. The van der Waals surface area contributed by atoms with Crippen molar-refractivity contribution in [3.63, 3.8) is 0 Å². The van der Waals surface area contributed by atoms with Crippen molar-refractivity contribution < 1.29 is 5.11 Å². The van der Waals surface area contributed by atoms with Gasteiger partial charge in [-0.15, -0.1) is 10.2 Å². The highest BCUT2D eigenvalue weighted by atomic mass is 16.3. The highest BCUT2D eigenvalue weighted by Gasteiger charge is 2.22. The van der Waals surface area contributed by atoms with Gasteiger partial charge >= 0.3 is 0 Å². The van der Waals surface area contributed by atoms with Crippen molar-refractivity contribution >= 4 is 5.82 Å². The van der Waals surface area contributed by atoms with Crippen LogP contribution in [0.5, 0.6) is 5.75 Å². The smallest absolute Gasteiger partial charge is 0.151 e. The first-order chi connectivity index (χ1) is 12.6. The van der Waals surface area contributed by atoms with Crippen molar-refractivity contribution in [3.05, 3.63) is 48.8 Å². The molecule has 1 aliphatic rings. The maximum absolute atomic E-state index is 10.4. The van der Waals surface area contributed by atoms with Crippen LogP contribution in [0, 0.1) is 0 Å². The molecule has 4 rings (SSSR count). The fourth-order valence-electron chi connectivity index (χ4n) is 3.45. The van der Waals surface area contributed by atoms with Crippen LogP contribution in [0.3, 0.4) is 0 Å². The quantitative estimate of drug-likeness (QED) is 0.754. The fourth-order valence-corrected chi connectivity index (χ4v) is 3.45. The van der Waals surface area contributed by atoms with E-state index in [0.717, 1.165) is 24.6 Å². The molecule has 0 radical (unpaired) electrons. The summed E-state index contributed by atoms with van der Waals surface area (Å²) in [5, 5.41) is 26.8. The van der Waals surface area contributed by atoms with Gasteiger partial charge in [-0.1, -0.05) is 0 Å². The SMILES string of the molecule is CC1CN(c2ccc(-c3ccc(-n4cccn4)cc3O)nn2)CC(C)N1. The van der Waals surface area contributed by atoms with Gasteiger partial charge < -0.3 is 15.3 Å². The van der Waals surface area contributed by atoms with Gasteiger partial charge in [-0.05, 0) is 44.2 Å². The average molecular weight is 350 g/mol. The first-order valence-corrected chi connectivity index (χ1v) is 8.78. The van der Waals surface area contributed by atoms with Gasteiger partial charge in [-0.2, -0.15) is 5.10 Å². The number of rotatable bonds is 3. The number of piperazine rings is 1. The van der Waals surface area contributed by atoms with Crippen LogP contribution in [0.15, 0.2) is 48.8 Å². The Morgan fingerprint density at radius 2 is 1.88 bits per heavy atom. The number of phenols is 1. The van der Waals surface area contributed by atoms with E-state index < -0.39 is 0 Å². The Labute approximate surface area is 152 Å². The molecular weight excluding hydrogens is 328 g/mol. The van der Waals surface area contributed by atoms with Gasteiger partial charge in [0.15, 0.2) is 5.82 Å². The minimum Gasteiger partial charge on any atom is -0.507 e. The van der Waals surface area contributed by atoms with Crippen LogP contribution in [-0.2, 0) is 0 Å². The van der Waals surface area contributed by atoms with E-state index in [1.54, 1.807) is 16.9 Å². The zero-order chi connectivity index (χ0) is 18.1. The summed E-state index contributed by atoms with van der Waals surface area (Å²) in [6, 6.07) is 12.0. The molecule has 0 bridgehead atoms. The summed E-state index contributed by atoms with van der Waals surface area (Å²) in [5.74, 6) is 1.02. The third-order valence-corrected chi connectivity index (χ3v) is 4.56. The summed E-state index contributed by atoms with van der Waals surface area (Å²) in [6.07, 6.45) is 3.53. The van der Waals surface area contributed by atoms with Gasteiger partial charge in [0, 0.05) is 49.2 Å². The van der Waals surface area contributed by atoms with Gasteiger partial charge in [0.1, 0.15) is 5.75 Å². The average Bonchev–Trinajstić information content (AvgIpc) is 3.16. The molecule has 2 unspecified atom stereocenters. The Morgan fingerprint density at radius 3 is 2.50 bits per heavy atom. The molecule has 0 aliphatic carbocycles. The first kappa shape index (κ1) is 16.5. The maximum Gasteiger partial charge on any atom is 0.151 e. The van der Waals surface area contributed by atoms with Gasteiger partial charge in [0.2, 0.25) is 0 Å². The van der Waals surface area contributed by atoms with Gasteiger partial charge in [0.05, 0.1) is 11.4 Å². The summed E-state index contributed by atoms with van der Waals surface area (Å²) in [5.41, 5.74) is 2.10. The number of benzene rings is 1. The molecule has 3 heterocycles. The number of anilines is 1. The van der Waals surface area contributed by atoms with E-state index in [9.17, 15) is 5.11 Å². The second kappa shape index (κ2) is 6.76. The Kier molecular flexibility index (Phi) is 4.30. The summed E-state index contributed by atoms with van der Waals surface area (Å²) in [7, 11) is 0. The molecule has 1 aromatic carbocycles. The van der Waals surface area contributed by atoms with Crippen molar-refractivity contribution in [3.8, 4) is 22.7 Å². The molecular formula is C19H22N6O. The second-order valence-corrected chi connectivity index (χ2v) is 6.80. The lowest BCUT2D eigenvalue weighted by Gasteiger charge is -2.36. The molecule has 7 nitrogen and oxygen atoms in total. The highest BCUT2D eigenvalue weighted by molar-refractivity contribution is 5.69. The van der Waals surface area contributed by atoms with Crippen LogP contribution in [0.1, 0.15) is 13.8 Å². The number of phenolic OH excluding ortho intramolecular Hbond substituents is 1. The highest BCUT2D eigenvalue weighted by Crippen LogP contribution is 2.30. The number of nitrogens with zero attached hydrogens (tertiary/aromatic N) is 5. The molecule has 0 saturated carbocycles. The topological polar surface area (TPSA) is 79.1 Å². The molecule has 26 heavy (non-hydrogen) atoms. The van der Waals surface area contributed by atoms with Gasteiger partial charge in [-0.3, -0.25) is 0 Å². The predicted molar refractivity (Wildman–Crippen MR) is 101 cm³/mol. The van der Waals surface area contributed by atoms with E-state index in [0.29, 0.717) is 23.3 Å². The summed E-state index contributed by atoms with van der Waals surface area (Å²) < 4.78 is 1.70. The number of nitrogens with one attached hydrogen (secondary N) is 1. The Hall–Kier alpha value is -2.93. The minimum atomic E-state index is 0.157. The van der Waals surface area contributed by atoms with Crippen LogP contribution in [0.25, 0.3) is 16.9 Å². The molecule has 1 aliphatic heterocycles. The van der Waals surface area contributed by atoms with Crippen molar-refractivity contribution in [2.45, 2.75) is 25.9 Å². The molecule has 2 aromatic heterocycles. The zero-order valence-corrected chi connectivity index (χ0v) is 14.9. The normalized spacial score (nSPS) is 20.3. The van der Waals surface area contributed by atoms with E-state index in [1.807, 2.05) is 36.5 Å². The number of hydrogen-bond acceptors (Lipinski definition) is 6. The number of hydrogen-bond donors (Lipinski definition) is 2. The second-order valence-electron chi connectivity index (χ2n) is 6.80. The van der Waals surface area contributed by atoms with Crippen LogP contribution in [-0.4, -0.2) is 50.3 Å². The third kappa shape index (κ3) is 3.25. The summed E-state index contributed by atoms with van der Waals surface area (Å²) in [6.45, 7) is 6.15. The van der Waals surface area contributed by atoms with E-state index in [4.69, 9.17) is 0 Å². The monoisotopic (exact) mass is 350 g/mol. The number of aromatic hydroxyl groups is 1. The van der Waals surface area contributed by atoms with Crippen LogP contribution >= 0.6 is 0 Å². The molecule has 1 fully saturated rings. The van der Waals surface area contributed by atoms with Gasteiger partial charge in [0.25, 0.3) is 0 Å². The van der Waals surface area contributed by atoms with Crippen molar-refractivity contribution in [1.29, 1.82) is 0 Å².